The van der Waals surface area contributed by atoms with E-state index < -0.39 is 6.10 Å². The lowest BCUT2D eigenvalue weighted by Gasteiger charge is -2.12. The lowest BCUT2D eigenvalue weighted by molar-refractivity contribution is 0.102. The Morgan fingerprint density at radius 3 is 2.86 bits per heavy atom. The summed E-state index contributed by atoms with van der Waals surface area (Å²) >= 11 is 5.56. The largest absolute Gasteiger partial charge is 0.454 e. The number of aliphatic hydroxyl groups is 1. The van der Waals surface area contributed by atoms with Crippen LogP contribution in [-0.2, 0) is 0 Å². The smallest absolute Gasteiger partial charge is 0.259 e. The summed E-state index contributed by atoms with van der Waals surface area (Å²) in [5.41, 5.74) is 1.78. The zero-order chi connectivity index (χ0) is 15.5. The quantitative estimate of drug-likeness (QED) is 0.758. The number of carbonyl (C=O) groups excluding carboxylic acids is 1. The normalized spacial score (nSPS) is 14.0. The van der Waals surface area contributed by atoms with E-state index in [2.05, 4.69) is 10.6 Å². The molecular formula is C16H15ClN2O3. The van der Waals surface area contributed by atoms with Gasteiger partial charge in [-0.2, -0.15) is 0 Å². The highest BCUT2D eigenvalue weighted by Gasteiger charge is 2.20. The van der Waals surface area contributed by atoms with Gasteiger partial charge in [0.1, 0.15) is 5.75 Å². The Morgan fingerprint density at radius 1 is 1.23 bits per heavy atom. The van der Waals surface area contributed by atoms with Gasteiger partial charge >= 0.3 is 0 Å². The maximum absolute atomic E-state index is 12.3. The van der Waals surface area contributed by atoms with Gasteiger partial charge < -0.3 is 20.5 Å². The van der Waals surface area contributed by atoms with Crippen LogP contribution < -0.4 is 15.4 Å². The fourth-order valence-electron chi connectivity index (χ4n) is 2.16. The number of para-hydroxylation sites is 2. The van der Waals surface area contributed by atoms with Crippen molar-refractivity contribution in [2.45, 2.75) is 6.10 Å². The third-order valence-corrected chi connectivity index (χ3v) is 3.66. The zero-order valence-corrected chi connectivity index (χ0v) is 12.4. The Labute approximate surface area is 132 Å². The fourth-order valence-corrected chi connectivity index (χ4v) is 2.27. The van der Waals surface area contributed by atoms with Crippen molar-refractivity contribution in [1.29, 1.82) is 0 Å². The van der Waals surface area contributed by atoms with E-state index in [0.29, 0.717) is 35.0 Å². The molecule has 5 nitrogen and oxygen atoms in total. The summed E-state index contributed by atoms with van der Waals surface area (Å²) in [6.07, 6.45) is -0.644. The van der Waals surface area contributed by atoms with Crippen molar-refractivity contribution in [3.63, 3.8) is 0 Å². The van der Waals surface area contributed by atoms with Crippen molar-refractivity contribution in [2.75, 3.05) is 23.1 Å². The van der Waals surface area contributed by atoms with Crippen molar-refractivity contribution in [1.82, 2.24) is 0 Å². The highest BCUT2D eigenvalue weighted by molar-refractivity contribution is 6.18. The first-order chi connectivity index (χ1) is 10.7. The van der Waals surface area contributed by atoms with Gasteiger partial charge in [-0.15, -0.1) is 11.6 Å². The van der Waals surface area contributed by atoms with Crippen LogP contribution in [0.2, 0.25) is 0 Å². The van der Waals surface area contributed by atoms with Gasteiger partial charge in [-0.05, 0) is 30.3 Å². The van der Waals surface area contributed by atoms with Crippen LogP contribution in [0.4, 0.5) is 11.4 Å². The van der Waals surface area contributed by atoms with E-state index in [4.69, 9.17) is 16.3 Å². The van der Waals surface area contributed by atoms with Crippen molar-refractivity contribution in [3.05, 3.63) is 48.0 Å². The number of hydrogen-bond acceptors (Lipinski definition) is 4. The van der Waals surface area contributed by atoms with Crippen molar-refractivity contribution in [3.8, 4) is 11.5 Å². The average Bonchev–Trinajstić information content (AvgIpc) is 2.68. The summed E-state index contributed by atoms with van der Waals surface area (Å²) in [7, 11) is 0. The highest BCUT2D eigenvalue weighted by Crippen LogP contribution is 2.36. The number of hydrogen-bond donors (Lipinski definition) is 3. The van der Waals surface area contributed by atoms with E-state index >= 15 is 0 Å². The number of fused-ring (bicyclic) bond motifs is 2. The Bertz CT molecular complexity index is 706. The first-order valence-corrected chi connectivity index (χ1v) is 7.41. The van der Waals surface area contributed by atoms with Crippen molar-refractivity contribution in [2.24, 2.45) is 0 Å². The third-order valence-electron chi connectivity index (χ3n) is 3.30. The molecule has 0 saturated carbocycles. The second kappa shape index (κ2) is 6.25. The molecule has 1 amide bonds. The minimum Gasteiger partial charge on any atom is -0.454 e. The summed E-state index contributed by atoms with van der Waals surface area (Å²) in [6, 6.07) is 12.5. The number of nitrogens with one attached hydrogen (secondary N) is 2. The Morgan fingerprint density at radius 2 is 2.05 bits per heavy atom. The van der Waals surface area contributed by atoms with E-state index in [1.807, 2.05) is 12.1 Å². The molecule has 3 N–H and O–H groups in total. The van der Waals surface area contributed by atoms with Crippen LogP contribution in [-0.4, -0.2) is 29.5 Å². The highest BCUT2D eigenvalue weighted by atomic mass is 35.5. The number of halogens is 1. The Kier molecular flexibility index (Phi) is 4.18. The fraction of sp³-hybridized carbons (Fsp3) is 0.188. The van der Waals surface area contributed by atoms with Gasteiger partial charge in [0.2, 0.25) is 0 Å². The average molecular weight is 319 g/mol. The first kappa shape index (κ1) is 14.7. The van der Waals surface area contributed by atoms with E-state index in [0.717, 1.165) is 0 Å². The molecule has 2 aromatic carbocycles. The molecule has 0 radical (unpaired) electrons. The van der Waals surface area contributed by atoms with Gasteiger partial charge in [-0.1, -0.05) is 12.1 Å². The Balaban J connectivity index is 1.87. The lowest BCUT2D eigenvalue weighted by atomic mass is 10.1. The van der Waals surface area contributed by atoms with Crippen LogP contribution in [0.15, 0.2) is 42.5 Å². The molecular weight excluding hydrogens is 304 g/mol. The van der Waals surface area contributed by atoms with E-state index in [-0.39, 0.29) is 11.8 Å². The van der Waals surface area contributed by atoms with Crippen LogP contribution in [0.3, 0.4) is 0 Å². The van der Waals surface area contributed by atoms with Gasteiger partial charge in [-0.25, -0.2) is 0 Å². The molecule has 0 aromatic heterocycles. The second-order valence-corrected chi connectivity index (χ2v) is 5.26. The number of amides is 1. The Hall–Kier alpha value is -2.24. The number of alkyl halides is 1. The number of aliphatic hydroxyl groups excluding tert-OH is 1. The standard InChI is InChI=1S/C16H15ClN2O3/c17-8-11(20)9-18-10-5-6-14-12(7-10)16(21)19-13-3-1-2-4-15(13)22-14/h1-7,11,18,20H,8-9H2,(H,19,21). The van der Waals surface area contributed by atoms with Crippen molar-refractivity contribution >= 4 is 28.9 Å². The van der Waals surface area contributed by atoms with E-state index in [1.165, 1.54) is 0 Å². The molecule has 0 saturated heterocycles. The lowest BCUT2D eigenvalue weighted by Crippen LogP contribution is -2.21. The molecule has 1 atom stereocenters. The summed E-state index contributed by atoms with van der Waals surface area (Å²) in [6.45, 7) is 0.311. The maximum Gasteiger partial charge on any atom is 0.259 e. The number of benzene rings is 2. The van der Waals surface area contributed by atoms with E-state index in [9.17, 15) is 9.90 Å². The van der Waals surface area contributed by atoms with Crippen LogP contribution in [0.5, 0.6) is 11.5 Å². The van der Waals surface area contributed by atoms with Gasteiger partial charge in [-0.3, -0.25) is 4.79 Å². The van der Waals surface area contributed by atoms with Gasteiger partial charge in [0.25, 0.3) is 5.91 Å². The van der Waals surface area contributed by atoms with E-state index in [1.54, 1.807) is 30.3 Å². The van der Waals surface area contributed by atoms with Crippen LogP contribution in [0.1, 0.15) is 10.4 Å². The summed E-state index contributed by atoms with van der Waals surface area (Å²) in [5.74, 6) is 1.01. The monoisotopic (exact) mass is 318 g/mol. The molecule has 0 bridgehead atoms. The van der Waals surface area contributed by atoms with Crippen LogP contribution in [0, 0.1) is 0 Å². The molecule has 1 aliphatic heterocycles. The molecule has 0 spiro atoms. The number of anilines is 2. The predicted octanol–water partition coefficient (Wildman–Crippen LogP) is 3.06. The summed E-state index contributed by atoms with van der Waals surface area (Å²) < 4.78 is 5.79. The minimum absolute atomic E-state index is 0.150. The topological polar surface area (TPSA) is 70.6 Å². The SMILES string of the molecule is O=C1Nc2ccccc2Oc2ccc(NCC(O)CCl)cc21. The summed E-state index contributed by atoms with van der Waals surface area (Å²) in [5, 5.41) is 15.3. The second-order valence-electron chi connectivity index (χ2n) is 4.95. The van der Waals surface area contributed by atoms with Crippen molar-refractivity contribution < 1.29 is 14.6 Å². The van der Waals surface area contributed by atoms with Crippen LogP contribution >= 0.6 is 11.6 Å². The molecule has 6 heteroatoms. The molecule has 22 heavy (non-hydrogen) atoms. The molecule has 0 fully saturated rings. The number of ether oxygens (including phenoxy) is 1. The number of rotatable bonds is 4. The van der Waals surface area contributed by atoms with Gasteiger partial charge in [0, 0.05) is 12.2 Å². The molecule has 2 aromatic rings. The molecule has 3 rings (SSSR count). The maximum atomic E-state index is 12.3. The van der Waals surface area contributed by atoms with Crippen LogP contribution in [0.25, 0.3) is 0 Å². The molecule has 1 unspecified atom stereocenters. The number of carbonyl (C=O) groups is 1. The third kappa shape index (κ3) is 3.00. The van der Waals surface area contributed by atoms with Gasteiger partial charge in [0.05, 0.1) is 23.2 Å². The molecule has 114 valence electrons. The molecule has 1 aliphatic rings. The first-order valence-electron chi connectivity index (χ1n) is 6.87. The minimum atomic E-state index is -0.644. The van der Waals surface area contributed by atoms with Gasteiger partial charge in [0.15, 0.2) is 5.75 Å². The summed E-state index contributed by atoms with van der Waals surface area (Å²) in [4.78, 5) is 12.3. The molecule has 1 heterocycles. The zero-order valence-electron chi connectivity index (χ0n) is 11.7. The molecule has 0 aliphatic carbocycles. The predicted molar refractivity (Wildman–Crippen MR) is 86.1 cm³/mol.